The third kappa shape index (κ3) is 6.01. The molecule has 37 heavy (non-hydrogen) atoms. The second-order valence-corrected chi connectivity index (χ2v) is 13.9. The first kappa shape index (κ1) is 32.2. The summed E-state index contributed by atoms with van der Waals surface area (Å²) in [5.74, 6) is 1.05. The van der Waals surface area contributed by atoms with E-state index in [0.717, 1.165) is 32.1 Å². The molecule has 0 aromatic heterocycles. The summed E-state index contributed by atoms with van der Waals surface area (Å²) in [6.45, 7) is 5.75. The van der Waals surface area contributed by atoms with Gasteiger partial charge >= 0.3 is 29.6 Å². The molecule has 0 radical (unpaired) electrons. The van der Waals surface area contributed by atoms with Gasteiger partial charge in [0.15, 0.2) is 0 Å². The Kier molecular flexibility index (Phi) is 10.3. The Morgan fingerprint density at radius 1 is 1.03 bits per heavy atom. The van der Waals surface area contributed by atoms with E-state index in [4.69, 9.17) is 0 Å². The minimum Gasteiger partial charge on any atom is -0.726 e. The van der Waals surface area contributed by atoms with Gasteiger partial charge in [-0.05, 0) is 104 Å². The average Bonchev–Trinajstić information content (AvgIpc) is 3.15. The van der Waals surface area contributed by atoms with Crippen LogP contribution in [0.3, 0.4) is 0 Å². The summed E-state index contributed by atoms with van der Waals surface area (Å²) in [5.41, 5.74) is -0.365. The molecule has 13 atom stereocenters. The molecule has 5 unspecified atom stereocenters. The van der Waals surface area contributed by atoms with Crippen molar-refractivity contribution in [3.8, 4) is 0 Å². The predicted octanol–water partition coefficient (Wildman–Crippen LogP) is -1.43. The van der Waals surface area contributed by atoms with Crippen molar-refractivity contribution >= 4 is 10.4 Å². The third-order valence-electron chi connectivity index (χ3n) is 11.3. The zero-order valence-electron chi connectivity index (χ0n) is 22.7. The van der Waals surface area contributed by atoms with Crippen molar-refractivity contribution in [1.82, 2.24) is 0 Å². The normalized spacial score (nSPS) is 46.1. The minimum atomic E-state index is -5.04. The van der Waals surface area contributed by atoms with Crippen LogP contribution in [-0.2, 0) is 14.6 Å². The van der Waals surface area contributed by atoms with Crippen LogP contribution in [0.2, 0.25) is 0 Å². The smallest absolute Gasteiger partial charge is 0.726 e. The van der Waals surface area contributed by atoms with Gasteiger partial charge in [0.05, 0.1) is 31.0 Å². The quantitative estimate of drug-likeness (QED) is 0.137. The van der Waals surface area contributed by atoms with Crippen LogP contribution in [0.5, 0.6) is 0 Å². The van der Waals surface area contributed by atoms with Crippen LogP contribution in [0.15, 0.2) is 0 Å². The maximum atomic E-state index is 11.6. The molecule has 0 spiro atoms. The van der Waals surface area contributed by atoms with Crippen molar-refractivity contribution in [2.45, 2.75) is 109 Å². The fourth-order valence-electron chi connectivity index (χ4n) is 9.32. The molecule has 4 aliphatic carbocycles. The molecular formula is C26H45NaO9S. The Morgan fingerprint density at radius 3 is 2.32 bits per heavy atom. The van der Waals surface area contributed by atoms with Gasteiger partial charge in [-0.2, -0.15) is 0 Å². The van der Waals surface area contributed by atoms with E-state index in [2.05, 4.69) is 25.0 Å². The zero-order chi connectivity index (χ0) is 26.6. The van der Waals surface area contributed by atoms with Gasteiger partial charge in [0, 0.05) is 0 Å². The average molecular weight is 557 g/mol. The van der Waals surface area contributed by atoms with Gasteiger partial charge in [-0.3, -0.25) is 4.18 Å². The van der Waals surface area contributed by atoms with Crippen molar-refractivity contribution < 1.29 is 72.2 Å². The summed E-state index contributed by atoms with van der Waals surface area (Å²) >= 11 is 0. The monoisotopic (exact) mass is 556 g/mol. The largest absolute Gasteiger partial charge is 1.00 e. The molecule has 210 valence electrons. The SMILES string of the molecule is C[C@H](CC[C@@H](O)[C@@H](CO)OS(=O)(=O)[O-])C1CCC2C3C(C[C@H](O)[C@@]21C)[C@@]1(C)CC[C@@H](O)CC1C[C@H]3O.[Na+]. The summed E-state index contributed by atoms with van der Waals surface area (Å²) in [4.78, 5) is 0. The minimum absolute atomic E-state index is 0. The van der Waals surface area contributed by atoms with Gasteiger partial charge in [0.2, 0.25) is 10.4 Å². The molecule has 0 aromatic rings. The molecule has 0 saturated heterocycles. The number of rotatable bonds is 8. The second kappa shape index (κ2) is 11.9. The Labute approximate surface area is 243 Å². The van der Waals surface area contributed by atoms with Gasteiger partial charge in [0.1, 0.15) is 6.10 Å². The van der Waals surface area contributed by atoms with E-state index in [0.29, 0.717) is 19.3 Å². The van der Waals surface area contributed by atoms with Crippen molar-refractivity contribution in [1.29, 1.82) is 0 Å². The summed E-state index contributed by atoms with van der Waals surface area (Å²) < 4.78 is 37.0. The van der Waals surface area contributed by atoms with Gasteiger partial charge < -0.3 is 30.1 Å². The molecule has 5 N–H and O–H groups in total. The molecule has 4 rings (SSSR count). The van der Waals surface area contributed by atoms with Crippen molar-refractivity contribution in [3.63, 3.8) is 0 Å². The van der Waals surface area contributed by atoms with Crippen LogP contribution in [0, 0.1) is 46.3 Å². The second-order valence-electron chi connectivity index (χ2n) is 12.9. The first-order valence-electron chi connectivity index (χ1n) is 13.7. The standard InChI is InChI=1S/C26H46O9S.Na/c1-14(4-7-20(29)22(13-27)35-36(32,33)34)17-5-6-18-24-19(12-23(31)26(17,18)3)25(2)9-8-16(28)10-15(25)11-21(24)30;/h14-24,27-31H,4-13H2,1-3H3,(H,32,33,34);/q;+1/p-1/t14-,15?,16-,17?,18?,19?,20-,21-,22-,23+,24?,25+,26-;/m1./s1. The Balaban J connectivity index is 0.00000380. The zero-order valence-corrected chi connectivity index (χ0v) is 25.5. The van der Waals surface area contributed by atoms with Gasteiger partial charge in [-0.15, -0.1) is 0 Å². The molecule has 4 aliphatic rings. The van der Waals surface area contributed by atoms with E-state index >= 15 is 0 Å². The maximum Gasteiger partial charge on any atom is 1.00 e. The van der Waals surface area contributed by atoms with Gasteiger partial charge in [-0.1, -0.05) is 20.8 Å². The predicted molar refractivity (Wildman–Crippen MR) is 130 cm³/mol. The van der Waals surface area contributed by atoms with Crippen LogP contribution >= 0.6 is 0 Å². The van der Waals surface area contributed by atoms with Crippen molar-refractivity contribution in [2.24, 2.45) is 46.3 Å². The fourth-order valence-corrected chi connectivity index (χ4v) is 9.81. The molecular weight excluding hydrogens is 511 g/mol. The van der Waals surface area contributed by atoms with Crippen molar-refractivity contribution in [3.05, 3.63) is 0 Å². The fraction of sp³-hybridized carbons (Fsp3) is 1.00. The summed E-state index contributed by atoms with van der Waals surface area (Å²) in [6.07, 6.45) is 2.22. The van der Waals surface area contributed by atoms with E-state index in [-0.39, 0.29) is 88.4 Å². The van der Waals surface area contributed by atoms with E-state index < -0.39 is 41.4 Å². The molecule has 4 saturated carbocycles. The van der Waals surface area contributed by atoms with Gasteiger partial charge in [0.25, 0.3) is 0 Å². The molecule has 0 aliphatic heterocycles. The molecule has 9 nitrogen and oxygen atoms in total. The number of fused-ring (bicyclic) bond motifs is 5. The van der Waals surface area contributed by atoms with Gasteiger partial charge in [-0.25, -0.2) is 8.42 Å². The first-order valence-corrected chi connectivity index (χ1v) is 15.0. The van der Waals surface area contributed by atoms with Crippen LogP contribution in [0.4, 0.5) is 0 Å². The third-order valence-corrected chi connectivity index (χ3v) is 11.8. The summed E-state index contributed by atoms with van der Waals surface area (Å²) in [6, 6.07) is 0. The van der Waals surface area contributed by atoms with Crippen LogP contribution in [0.25, 0.3) is 0 Å². The summed E-state index contributed by atoms with van der Waals surface area (Å²) in [7, 11) is -5.04. The van der Waals surface area contributed by atoms with E-state index in [9.17, 15) is 38.5 Å². The topological polar surface area (TPSA) is 168 Å². The Hall–Kier alpha value is 0.670. The maximum absolute atomic E-state index is 11.6. The molecule has 11 heteroatoms. The summed E-state index contributed by atoms with van der Waals surface area (Å²) in [5, 5.41) is 53.0. The molecule has 0 amide bonds. The molecule has 0 bridgehead atoms. The van der Waals surface area contributed by atoms with E-state index in [1.165, 1.54) is 0 Å². The molecule has 0 heterocycles. The van der Waals surface area contributed by atoms with Crippen LogP contribution < -0.4 is 29.6 Å². The number of aliphatic hydroxyl groups excluding tert-OH is 5. The number of aliphatic hydroxyl groups is 5. The van der Waals surface area contributed by atoms with Crippen molar-refractivity contribution in [2.75, 3.05) is 6.61 Å². The van der Waals surface area contributed by atoms with Crippen LogP contribution in [-0.4, -0.2) is 75.6 Å². The number of hydrogen-bond acceptors (Lipinski definition) is 9. The number of hydrogen-bond donors (Lipinski definition) is 5. The Morgan fingerprint density at radius 2 is 1.70 bits per heavy atom. The molecule has 0 aromatic carbocycles. The van der Waals surface area contributed by atoms with E-state index in [1.54, 1.807) is 0 Å². The Bertz CT molecular complexity index is 889. The first-order chi connectivity index (χ1) is 16.7. The van der Waals surface area contributed by atoms with E-state index in [1.807, 2.05) is 0 Å². The molecule has 4 fully saturated rings. The van der Waals surface area contributed by atoms with Crippen LogP contribution in [0.1, 0.15) is 78.6 Å².